The Labute approximate surface area is 206 Å². The molecule has 3 heteroatoms. The second-order valence-electron chi connectivity index (χ2n) is 8.89. The first-order valence-electron chi connectivity index (χ1n) is 11.2. The minimum atomic E-state index is 0.791. The van der Waals surface area contributed by atoms with E-state index in [4.69, 9.17) is 0 Å². The molecule has 4 aromatic rings. The maximum atomic E-state index is 3.56. The molecule has 158 valence electrons. The molecule has 0 heterocycles. The highest BCUT2D eigenvalue weighted by Gasteiger charge is 2.36. The lowest BCUT2D eigenvalue weighted by molar-refractivity contribution is 0.718. The summed E-state index contributed by atoms with van der Waals surface area (Å²) >= 11 is 7.12. The van der Waals surface area contributed by atoms with Gasteiger partial charge in [-0.15, -0.1) is 0 Å². The normalized spacial score (nSPS) is 18.6. The van der Waals surface area contributed by atoms with Gasteiger partial charge in [-0.05, 0) is 114 Å². The van der Waals surface area contributed by atoms with Gasteiger partial charge >= 0.3 is 0 Å². The predicted octanol–water partition coefficient (Wildman–Crippen LogP) is 9.71. The van der Waals surface area contributed by atoms with Gasteiger partial charge in [0.15, 0.2) is 0 Å². The van der Waals surface area contributed by atoms with Gasteiger partial charge in [-0.2, -0.15) is 0 Å². The van der Waals surface area contributed by atoms with Crippen LogP contribution in [0, 0.1) is 0 Å². The summed E-state index contributed by atoms with van der Waals surface area (Å²) in [6, 6.07) is 33.1. The molecule has 0 saturated heterocycles. The van der Waals surface area contributed by atoms with Crippen molar-refractivity contribution in [2.45, 2.75) is 31.1 Å². The molecule has 0 aromatic heterocycles. The van der Waals surface area contributed by atoms with Gasteiger partial charge in [0.2, 0.25) is 0 Å². The number of rotatable bonds is 4. The van der Waals surface area contributed by atoms with Crippen LogP contribution in [-0.4, -0.2) is 0 Å². The molecule has 1 fully saturated rings. The van der Waals surface area contributed by atoms with Gasteiger partial charge < -0.3 is 4.90 Å². The third-order valence-electron chi connectivity index (χ3n) is 7.03. The topological polar surface area (TPSA) is 3.24 Å². The fourth-order valence-corrected chi connectivity index (χ4v) is 5.99. The number of fused-ring (bicyclic) bond motifs is 5. The molecule has 2 unspecified atom stereocenters. The monoisotopic (exact) mass is 543 g/mol. The SMILES string of the molecule is Brc1ccc(N(c2ccc(Br)cc2)c2ccc(-c3ccc4c(c3)C3CCC4C3)cc2)cc1. The number of benzene rings is 4. The highest BCUT2D eigenvalue weighted by Crippen LogP contribution is 2.53. The van der Waals surface area contributed by atoms with E-state index in [0.29, 0.717) is 0 Å². The molecular weight excluding hydrogens is 522 g/mol. The average Bonchev–Trinajstić information content (AvgIpc) is 3.45. The van der Waals surface area contributed by atoms with Crippen LogP contribution in [-0.2, 0) is 0 Å². The summed E-state index contributed by atoms with van der Waals surface area (Å²) in [5.41, 5.74) is 9.26. The Kier molecular flexibility index (Phi) is 5.20. The molecule has 0 spiro atoms. The molecule has 2 aliphatic rings. The maximum absolute atomic E-state index is 3.56. The first kappa shape index (κ1) is 20.3. The minimum Gasteiger partial charge on any atom is -0.311 e. The van der Waals surface area contributed by atoms with Crippen LogP contribution in [0.15, 0.2) is 99.9 Å². The van der Waals surface area contributed by atoms with Crippen LogP contribution in [0.3, 0.4) is 0 Å². The Morgan fingerprint density at radius 3 is 1.56 bits per heavy atom. The summed E-state index contributed by atoms with van der Waals surface area (Å²) in [7, 11) is 0. The molecule has 2 bridgehead atoms. The van der Waals surface area contributed by atoms with Crippen molar-refractivity contribution in [2.75, 3.05) is 4.90 Å². The molecule has 2 aliphatic carbocycles. The van der Waals surface area contributed by atoms with Crippen LogP contribution in [0.5, 0.6) is 0 Å². The number of hydrogen-bond acceptors (Lipinski definition) is 1. The van der Waals surface area contributed by atoms with E-state index in [1.54, 1.807) is 11.1 Å². The molecule has 0 aliphatic heterocycles. The quantitative estimate of drug-likeness (QED) is 0.247. The van der Waals surface area contributed by atoms with Crippen LogP contribution in [0.1, 0.15) is 42.2 Å². The number of halogens is 2. The lowest BCUT2D eigenvalue weighted by Crippen LogP contribution is -2.09. The van der Waals surface area contributed by atoms with Gasteiger partial charge in [0.05, 0.1) is 0 Å². The summed E-state index contributed by atoms with van der Waals surface area (Å²) in [4.78, 5) is 2.30. The van der Waals surface area contributed by atoms with E-state index in [1.165, 1.54) is 30.4 Å². The van der Waals surface area contributed by atoms with Crippen molar-refractivity contribution < 1.29 is 0 Å². The number of hydrogen-bond donors (Lipinski definition) is 0. The van der Waals surface area contributed by atoms with E-state index < -0.39 is 0 Å². The second kappa shape index (κ2) is 8.20. The Hall–Kier alpha value is -2.36. The lowest BCUT2D eigenvalue weighted by atomic mass is 9.89. The van der Waals surface area contributed by atoms with Gasteiger partial charge in [-0.25, -0.2) is 0 Å². The molecule has 32 heavy (non-hydrogen) atoms. The highest BCUT2D eigenvalue weighted by molar-refractivity contribution is 9.10. The van der Waals surface area contributed by atoms with Crippen molar-refractivity contribution in [1.82, 2.24) is 0 Å². The summed E-state index contributed by atoms with van der Waals surface area (Å²) in [5, 5.41) is 0. The van der Waals surface area contributed by atoms with E-state index in [2.05, 4.69) is 128 Å². The van der Waals surface area contributed by atoms with E-state index in [0.717, 1.165) is 37.8 Å². The molecule has 6 rings (SSSR count). The zero-order chi connectivity index (χ0) is 21.7. The van der Waals surface area contributed by atoms with Crippen LogP contribution >= 0.6 is 31.9 Å². The third kappa shape index (κ3) is 3.62. The minimum absolute atomic E-state index is 0.791. The van der Waals surface area contributed by atoms with E-state index in [1.807, 2.05) is 0 Å². The van der Waals surface area contributed by atoms with Gasteiger partial charge in [0.25, 0.3) is 0 Å². The van der Waals surface area contributed by atoms with Crippen LogP contribution in [0.2, 0.25) is 0 Å². The van der Waals surface area contributed by atoms with Gasteiger partial charge in [-0.3, -0.25) is 0 Å². The fourth-order valence-electron chi connectivity index (χ4n) is 5.46. The van der Waals surface area contributed by atoms with Crippen LogP contribution in [0.4, 0.5) is 17.1 Å². The van der Waals surface area contributed by atoms with Gasteiger partial charge in [0, 0.05) is 26.0 Å². The average molecular weight is 545 g/mol. The molecule has 1 saturated carbocycles. The Morgan fingerprint density at radius 2 is 1.00 bits per heavy atom. The molecule has 1 nitrogen and oxygen atoms in total. The van der Waals surface area contributed by atoms with Crippen molar-refractivity contribution in [3.63, 3.8) is 0 Å². The zero-order valence-corrected chi connectivity index (χ0v) is 20.8. The standard InChI is InChI=1S/C29H23Br2N/c30-23-6-12-26(13-7-23)32(27-14-8-24(31)9-15-27)25-10-3-19(4-11-25)20-5-16-28-21-1-2-22(17-21)29(28)18-20/h3-16,18,21-22H,1-2,17H2. The summed E-state index contributed by atoms with van der Waals surface area (Å²) < 4.78 is 2.16. The van der Waals surface area contributed by atoms with Crippen LogP contribution < -0.4 is 4.90 Å². The molecule has 2 atom stereocenters. The molecular formula is C29H23Br2N. The van der Waals surface area contributed by atoms with E-state index in [9.17, 15) is 0 Å². The van der Waals surface area contributed by atoms with Crippen molar-refractivity contribution in [1.29, 1.82) is 0 Å². The van der Waals surface area contributed by atoms with Crippen molar-refractivity contribution >= 4 is 48.9 Å². The third-order valence-corrected chi connectivity index (χ3v) is 8.08. The molecule has 4 aromatic carbocycles. The number of anilines is 3. The Balaban J connectivity index is 1.36. The number of nitrogens with zero attached hydrogens (tertiary/aromatic N) is 1. The van der Waals surface area contributed by atoms with E-state index >= 15 is 0 Å². The van der Waals surface area contributed by atoms with Crippen molar-refractivity contribution in [3.8, 4) is 11.1 Å². The highest BCUT2D eigenvalue weighted by atomic mass is 79.9. The molecule has 0 radical (unpaired) electrons. The van der Waals surface area contributed by atoms with Gasteiger partial charge in [-0.1, -0.05) is 62.2 Å². The fraction of sp³-hybridized carbons (Fsp3) is 0.172. The summed E-state index contributed by atoms with van der Waals surface area (Å²) in [5.74, 6) is 1.61. The van der Waals surface area contributed by atoms with Gasteiger partial charge in [0.1, 0.15) is 0 Å². The van der Waals surface area contributed by atoms with Crippen molar-refractivity contribution in [2.24, 2.45) is 0 Å². The smallest absolute Gasteiger partial charge is 0.0462 e. The molecule has 0 N–H and O–H groups in total. The lowest BCUT2D eigenvalue weighted by Gasteiger charge is -2.26. The zero-order valence-electron chi connectivity index (χ0n) is 17.6. The second-order valence-corrected chi connectivity index (χ2v) is 10.7. The molecule has 0 amide bonds. The Bertz CT molecular complexity index is 1210. The summed E-state index contributed by atoms with van der Waals surface area (Å²) in [6.07, 6.45) is 4.12. The van der Waals surface area contributed by atoms with Crippen molar-refractivity contribution in [3.05, 3.63) is 111 Å². The van der Waals surface area contributed by atoms with E-state index in [-0.39, 0.29) is 0 Å². The van der Waals surface area contributed by atoms with Crippen LogP contribution in [0.25, 0.3) is 11.1 Å². The Morgan fingerprint density at radius 1 is 0.531 bits per heavy atom. The predicted molar refractivity (Wildman–Crippen MR) is 141 cm³/mol. The first-order valence-corrected chi connectivity index (χ1v) is 12.8. The largest absolute Gasteiger partial charge is 0.311 e. The summed E-state index contributed by atoms with van der Waals surface area (Å²) in [6.45, 7) is 0. The maximum Gasteiger partial charge on any atom is 0.0462 e. The first-order chi connectivity index (χ1) is 15.7.